The molecule has 0 bridgehead atoms. The Morgan fingerprint density at radius 2 is 1.20 bits per heavy atom. The lowest BCUT2D eigenvalue weighted by atomic mass is 9.96. The maximum atomic E-state index is 11.8. The van der Waals surface area contributed by atoms with Crippen LogP contribution in [0.5, 0.6) is 0 Å². The maximum Gasteiger partial charge on any atom is 0.137 e. The van der Waals surface area contributed by atoms with E-state index >= 15 is 0 Å². The molecule has 2 aromatic heterocycles. The van der Waals surface area contributed by atoms with E-state index in [1.165, 1.54) is 0 Å². The lowest BCUT2D eigenvalue weighted by Gasteiger charge is -2.34. The third kappa shape index (κ3) is 7.21. The molecule has 0 radical (unpaired) electrons. The van der Waals surface area contributed by atoms with Crippen LogP contribution in [0.4, 0.5) is 0 Å². The molecule has 4 atom stereocenters. The Hall–Kier alpha value is -3.85. The van der Waals surface area contributed by atoms with Crippen molar-refractivity contribution < 1.29 is 24.4 Å². The summed E-state index contributed by atoms with van der Waals surface area (Å²) in [5, 5.41) is 24.0. The lowest BCUT2D eigenvalue weighted by molar-refractivity contribution is -0.177. The van der Waals surface area contributed by atoms with Gasteiger partial charge in [-0.3, -0.25) is 0 Å². The van der Waals surface area contributed by atoms with Gasteiger partial charge in [0.1, 0.15) is 30.1 Å². The fourth-order valence-electron chi connectivity index (χ4n) is 4.69. The number of fused-ring (bicyclic) bond motifs is 1. The summed E-state index contributed by atoms with van der Waals surface area (Å²) in [6.45, 7) is 0.803. The third-order valence-corrected chi connectivity index (χ3v) is 6.79. The van der Waals surface area contributed by atoms with Crippen LogP contribution in [0, 0.1) is 0 Å². The molecule has 0 fully saturated rings. The highest BCUT2D eigenvalue weighted by atomic mass is 16.6. The average molecular weight is 539 g/mol. The molecule has 0 spiro atoms. The van der Waals surface area contributed by atoms with E-state index in [0.29, 0.717) is 17.8 Å². The number of ether oxygens (including phenoxy) is 3. The van der Waals surface area contributed by atoms with Crippen LogP contribution < -0.4 is 0 Å². The summed E-state index contributed by atoms with van der Waals surface area (Å²) >= 11 is 0. The second-order valence-corrected chi connectivity index (χ2v) is 9.68. The molecule has 0 saturated heterocycles. The molecule has 0 aliphatic rings. The number of hydrogen-bond acceptors (Lipinski definition) is 6. The molecular weight excluding hydrogens is 504 g/mol. The molecule has 206 valence electrons. The van der Waals surface area contributed by atoms with Crippen LogP contribution in [-0.4, -0.2) is 45.1 Å². The van der Waals surface area contributed by atoms with E-state index < -0.39 is 24.4 Å². The summed E-state index contributed by atoms with van der Waals surface area (Å²) < 4.78 is 18.6. The molecule has 0 saturated carbocycles. The molecule has 7 heteroatoms. The van der Waals surface area contributed by atoms with Gasteiger partial charge in [-0.25, -0.2) is 4.98 Å². The lowest BCUT2D eigenvalue weighted by Crippen LogP contribution is -2.46. The summed E-state index contributed by atoms with van der Waals surface area (Å²) in [5.41, 5.74) is 4.16. The number of aromatic amines is 1. The highest BCUT2D eigenvalue weighted by molar-refractivity contribution is 5.79. The number of benzene rings is 3. The standard InChI is InChI=1S/C33H34N2O5/c36-29(23-38-20-24-11-4-1-5-12-24)31(39-21-25-13-6-2-7-14-25)32(40-22-26-15-8-3-9-16-26)30(37)28-19-35-33-27(28)17-10-18-34-33/h1-19,29-32,36-37H,20-23H2,(H,34,35)/t29-,30-,31-,32-/m1/s1. The van der Waals surface area contributed by atoms with Crippen molar-refractivity contribution in [2.75, 3.05) is 6.61 Å². The molecule has 7 nitrogen and oxygen atoms in total. The minimum atomic E-state index is -1.12. The van der Waals surface area contributed by atoms with Crippen LogP contribution in [0.2, 0.25) is 0 Å². The first-order valence-electron chi connectivity index (χ1n) is 13.4. The Labute approximate surface area is 234 Å². The number of aromatic nitrogens is 2. The molecule has 3 N–H and O–H groups in total. The van der Waals surface area contributed by atoms with Gasteiger partial charge in [0.15, 0.2) is 0 Å². The SMILES string of the molecule is O[C@H](COCc1ccccc1)[C@@H](OCc1ccccc1)[C@H](OCc1ccccc1)[C@H](O)c1c[nH]c2ncccc12. The van der Waals surface area contributed by atoms with Crippen LogP contribution >= 0.6 is 0 Å². The molecule has 2 heterocycles. The molecular formula is C33H34N2O5. The third-order valence-electron chi connectivity index (χ3n) is 6.79. The summed E-state index contributed by atoms with van der Waals surface area (Å²) in [7, 11) is 0. The van der Waals surface area contributed by atoms with Crippen molar-refractivity contribution in [1.29, 1.82) is 0 Å². The highest BCUT2D eigenvalue weighted by Gasteiger charge is 2.37. The van der Waals surface area contributed by atoms with Gasteiger partial charge in [0.2, 0.25) is 0 Å². The van der Waals surface area contributed by atoms with Gasteiger partial charge in [-0.15, -0.1) is 0 Å². The van der Waals surface area contributed by atoms with Crippen molar-refractivity contribution in [3.05, 3.63) is 138 Å². The number of aliphatic hydroxyl groups is 2. The highest BCUT2D eigenvalue weighted by Crippen LogP contribution is 2.31. The fourth-order valence-corrected chi connectivity index (χ4v) is 4.69. The van der Waals surface area contributed by atoms with Crippen LogP contribution in [0.15, 0.2) is 116 Å². The zero-order chi connectivity index (χ0) is 27.6. The number of rotatable bonds is 14. The van der Waals surface area contributed by atoms with Gasteiger partial charge in [-0.2, -0.15) is 0 Å². The van der Waals surface area contributed by atoms with Crippen molar-refractivity contribution in [2.24, 2.45) is 0 Å². The van der Waals surface area contributed by atoms with Gasteiger partial charge in [0.25, 0.3) is 0 Å². The fraction of sp³-hybridized carbons (Fsp3) is 0.242. The molecule has 0 aliphatic carbocycles. The molecule has 3 aromatic carbocycles. The molecule has 0 aliphatic heterocycles. The van der Waals surface area contributed by atoms with Gasteiger partial charge >= 0.3 is 0 Å². The van der Waals surface area contributed by atoms with E-state index in [1.54, 1.807) is 12.4 Å². The van der Waals surface area contributed by atoms with Crippen molar-refractivity contribution in [2.45, 2.75) is 44.2 Å². The van der Waals surface area contributed by atoms with Crippen molar-refractivity contribution >= 4 is 11.0 Å². The number of H-pyrrole nitrogens is 1. The first kappa shape index (κ1) is 27.7. The van der Waals surface area contributed by atoms with E-state index in [0.717, 1.165) is 22.1 Å². The largest absolute Gasteiger partial charge is 0.388 e. The predicted octanol–water partition coefficient (Wildman–Crippen LogP) is 5.34. The van der Waals surface area contributed by atoms with E-state index in [2.05, 4.69) is 9.97 Å². The Kier molecular flexibility index (Phi) is 9.68. The number of hydrogen-bond donors (Lipinski definition) is 3. The monoisotopic (exact) mass is 538 g/mol. The number of pyridine rings is 1. The van der Waals surface area contributed by atoms with Gasteiger partial charge < -0.3 is 29.4 Å². The van der Waals surface area contributed by atoms with Gasteiger partial charge in [-0.1, -0.05) is 91.0 Å². The number of nitrogens with one attached hydrogen (secondary N) is 1. The first-order chi connectivity index (χ1) is 19.7. The summed E-state index contributed by atoms with van der Waals surface area (Å²) in [6.07, 6.45) is -0.599. The summed E-state index contributed by atoms with van der Waals surface area (Å²) in [6, 6.07) is 32.9. The minimum Gasteiger partial charge on any atom is -0.388 e. The van der Waals surface area contributed by atoms with E-state index in [9.17, 15) is 10.2 Å². The van der Waals surface area contributed by atoms with Crippen molar-refractivity contribution in [3.63, 3.8) is 0 Å². The Balaban J connectivity index is 1.41. The molecule has 0 unspecified atom stereocenters. The Bertz CT molecular complexity index is 1430. The second-order valence-electron chi connectivity index (χ2n) is 9.68. The maximum absolute atomic E-state index is 11.8. The number of aliphatic hydroxyl groups excluding tert-OH is 2. The zero-order valence-corrected chi connectivity index (χ0v) is 22.2. The molecule has 5 rings (SSSR count). The second kappa shape index (κ2) is 14.0. The smallest absolute Gasteiger partial charge is 0.137 e. The van der Waals surface area contributed by atoms with E-state index in [1.807, 2.05) is 103 Å². The summed E-state index contributed by atoms with van der Waals surface area (Å²) in [4.78, 5) is 7.48. The van der Waals surface area contributed by atoms with Crippen molar-refractivity contribution in [1.82, 2.24) is 9.97 Å². The topological polar surface area (TPSA) is 96.8 Å². The van der Waals surface area contributed by atoms with Crippen molar-refractivity contribution in [3.8, 4) is 0 Å². The van der Waals surface area contributed by atoms with Gasteiger partial charge in [0, 0.05) is 23.3 Å². The first-order valence-corrected chi connectivity index (χ1v) is 13.4. The predicted molar refractivity (Wildman–Crippen MR) is 153 cm³/mol. The van der Waals surface area contributed by atoms with Gasteiger partial charge in [0.05, 0.1) is 26.4 Å². The normalized spacial score (nSPS) is 14.6. The molecule has 40 heavy (non-hydrogen) atoms. The summed E-state index contributed by atoms with van der Waals surface area (Å²) in [5.74, 6) is 0. The zero-order valence-electron chi connectivity index (χ0n) is 22.2. The quantitative estimate of drug-likeness (QED) is 0.177. The van der Waals surface area contributed by atoms with E-state index in [4.69, 9.17) is 14.2 Å². The van der Waals surface area contributed by atoms with Crippen LogP contribution in [-0.2, 0) is 34.0 Å². The molecule has 5 aromatic rings. The Morgan fingerprint density at radius 3 is 1.80 bits per heavy atom. The van der Waals surface area contributed by atoms with E-state index in [-0.39, 0.29) is 19.8 Å². The number of nitrogens with zero attached hydrogens (tertiary/aromatic N) is 1. The van der Waals surface area contributed by atoms with Gasteiger partial charge in [-0.05, 0) is 28.8 Å². The average Bonchev–Trinajstić information content (AvgIpc) is 3.44. The van der Waals surface area contributed by atoms with Crippen LogP contribution in [0.3, 0.4) is 0 Å². The van der Waals surface area contributed by atoms with Crippen LogP contribution in [0.25, 0.3) is 11.0 Å². The molecule has 0 amide bonds. The minimum absolute atomic E-state index is 0.00169. The Morgan fingerprint density at radius 1 is 0.650 bits per heavy atom. The van der Waals surface area contributed by atoms with Crippen LogP contribution in [0.1, 0.15) is 28.4 Å².